The van der Waals surface area contributed by atoms with Crippen molar-refractivity contribution in [3.8, 4) is 5.75 Å². The lowest BCUT2D eigenvalue weighted by molar-refractivity contribution is 0.414. The molecule has 1 fully saturated rings. The first-order valence-electron chi connectivity index (χ1n) is 6.25. The van der Waals surface area contributed by atoms with Gasteiger partial charge in [0.25, 0.3) is 0 Å². The average Bonchev–Trinajstić information content (AvgIpc) is 3.17. The Morgan fingerprint density at radius 3 is 2.95 bits per heavy atom. The number of anilines is 1. The van der Waals surface area contributed by atoms with E-state index in [1.807, 2.05) is 12.1 Å². The molecule has 1 heterocycles. The van der Waals surface area contributed by atoms with Gasteiger partial charge in [-0.15, -0.1) is 11.3 Å². The number of nitrogens with zero attached hydrogens (tertiary/aromatic N) is 1. The SMILES string of the molecule is COc1ccc(Br)c(Cc2sc(N)nc2C2CC2)c1. The first-order chi connectivity index (χ1) is 9.17. The molecule has 2 aromatic rings. The van der Waals surface area contributed by atoms with Crippen molar-refractivity contribution in [2.24, 2.45) is 0 Å². The first kappa shape index (κ1) is 12.9. The Morgan fingerprint density at radius 1 is 1.47 bits per heavy atom. The summed E-state index contributed by atoms with van der Waals surface area (Å²) in [5, 5.41) is 0.677. The van der Waals surface area contributed by atoms with E-state index in [-0.39, 0.29) is 0 Å². The molecular formula is C14H15BrN2OS. The summed E-state index contributed by atoms with van der Waals surface area (Å²) in [4.78, 5) is 5.78. The molecule has 5 heteroatoms. The van der Waals surface area contributed by atoms with Gasteiger partial charge < -0.3 is 10.5 Å². The van der Waals surface area contributed by atoms with Crippen LogP contribution in [0.2, 0.25) is 0 Å². The van der Waals surface area contributed by atoms with E-state index in [2.05, 4.69) is 27.0 Å². The predicted molar refractivity (Wildman–Crippen MR) is 82.0 cm³/mol. The van der Waals surface area contributed by atoms with Gasteiger partial charge in [-0.2, -0.15) is 0 Å². The van der Waals surface area contributed by atoms with Gasteiger partial charge in [-0.3, -0.25) is 0 Å². The van der Waals surface area contributed by atoms with Gasteiger partial charge in [-0.25, -0.2) is 4.98 Å². The van der Waals surface area contributed by atoms with Crippen LogP contribution in [0, 0.1) is 0 Å². The van der Waals surface area contributed by atoms with E-state index in [9.17, 15) is 0 Å². The molecular weight excluding hydrogens is 324 g/mol. The second-order valence-corrected chi connectivity index (χ2v) is 6.74. The van der Waals surface area contributed by atoms with E-state index in [0.29, 0.717) is 11.0 Å². The molecule has 0 aliphatic heterocycles. The maximum absolute atomic E-state index is 5.86. The summed E-state index contributed by atoms with van der Waals surface area (Å²) in [6.07, 6.45) is 3.35. The molecule has 19 heavy (non-hydrogen) atoms. The van der Waals surface area contributed by atoms with Crippen molar-refractivity contribution in [2.75, 3.05) is 12.8 Å². The van der Waals surface area contributed by atoms with Crippen LogP contribution >= 0.6 is 27.3 Å². The third kappa shape index (κ3) is 2.77. The number of benzene rings is 1. The van der Waals surface area contributed by atoms with Crippen LogP contribution in [0.4, 0.5) is 5.13 Å². The zero-order chi connectivity index (χ0) is 13.4. The quantitative estimate of drug-likeness (QED) is 0.917. The van der Waals surface area contributed by atoms with Gasteiger partial charge in [0.2, 0.25) is 0 Å². The third-order valence-electron chi connectivity index (χ3n) is 3.31. The van der Waals surface area contributed by atoms with E-state index in [4.69, 9.17) is 10.5 Å². The van der Waals surface area contributed by atoms with Crippen LogP contribution in [0.25, 0.3) is 0 Å². The molecule has 0 unspecified atom stereocenters. The molecule has 100 valence electrons. The highest BCUT2D eigenvalue weighted by Crippen LogP contribution is 2.44. The third-order valence-corrected chi connectivity index (χ3v) is 4.99. The number of ether oxygens (including phenoxy) is 1. The van der Waals surface area contributed by atoms with Gasteiger partial charge >= 0.3 is 0 Å². The molecule has 0 amide bonds. The van der Waals surface area contributed by atoms with Crippen LogP contribution in [0.3, 0.4) is 0 Å². The predicted octanol–water partition coefficient (Wildman–Crippen LogP) is 3.96. The summed E-state index contributed by atoms with van der Waals surface area (Å²) in [7, 11) is 1.69. The minimum Gasteiger partial charge on any atom is -0.497 e. The Hall–Kier alpha value is -1.07. The van der Waals surface area contributed by atoms with Crippen LogP contribution in [-0.2, 0) is 6.42 Å². The smallest absolute Gasteiger partial charge is 0.180 e. The van der Waals surface area contributed by atoms with Gasteiger partial charge in [-0.05, 0) is 36.6 Å². The van der Waals surface area contributed by atoms with Crippen molar-refractivity contribution in [2.45, 2.75) is 25.2 Å². The number of nitrogen functional groups attached to an aromatic ring is 1. The number of methoxy groups -OCH3 is 1. The molecule has 3 nitrogen and oxygen atoms in total. The molecule has 0 spiro atoms. The molecule has 1 aliphatic rings. The van der Waals surface area contributed by atoms with Crippen molar-refractivity contribution in [3.05, 3.63) is 38.8 Å². The lowest BCUT2D eigenvalue weighted by Gasteiger charge is -2.07. The zero-order valence-corrected chi connectivity index (χ0v) is 13.1. The topological polar surface area (TPSA) is 48.1 Å². The monoisotopic (exact) mass is 338 g/mol. The second kappa shape index (κ2) is 5.13. The zero-order valence-electron chi connectivity index (χ0n) is 10.6. The van der Waals surface area contributed by atoms with Crippen LogP contribution < -0.4 is 10.5 Å². The average molecular weight is 339 g/mol. The highest BCUT2D eigenvalue weighted by molar-refractivity contribution is 9.10. The van der Waals surface area contributed by atoms with Crippen molar-refractivity contribution >= 4 is 32.4 Å². The van der Waals surface area contributed by atoms with E-state index in [0.717, 1.165) is 16.6 Å². The lowest BCUT2D eigenvalue weighted by atomic mass is 10.1. The molecule has 1 saturated carbocycles. The molecule has 0 atom stereocenters. The molecule has 0 bridgehead atoms. The normalized spacial score (nSPS) is 14.6. The Labute approximate surface area is 124 Å². The summed E-state index contributed by atoms with van der Waals surface area (Å²) in [5.74, 6) is 1.51. The van der Waals surface area contributed by atoms with Crippen molar-refractivity contribution < 1.29 is 4.74 Å². The molecule has 1 aromatic heterocycles. The van der Waals surface area contributed by atoms with Gasteiger partial charge in [0, 0.05) is 21.7 Å². The lowest BCUT2D eigenvalue weighted by Crippen LogP contribution is -1.93. The van der Waals surface area contributed by atoms with Gasteiger partial charge in [-0.1, -0.05) is 15.9 Å². The molecule has 1 aromatic carbocycles. The number of rotatable bonds is 4. The maximum Gasteiger partial charge on any atom is 0.180 e. The van der Waals surface area contributed by atoms with E-state index in [1.54, 1.807) is 18.4 Å². The fraction of sp³-hybridized carbons (Fsp3) is 0.357. The van der Waals surface area contributed by atoms with Crippen molar-refractivity contribution in [1.29, 1.82) is 0 Å². The fourth-order valence-electron chi connectivity index (χ4n) is 2.17. The van der Waals surface area contributed by atoms with Crippen LogP contribution in [-0.4, -0.2) is 12.1 Å². The summed E-state index contributed by atoms with van der Waals surface area (Å²) < 4.78 is 6.38. The Morgan fingerprint density at radius 2 is 2.26 bits per heavy atom. The second-order valence-electron chi connectivity index (χ2n) is 4.77. The number of aromatic nitrogens is 1. The Bertz CT molecular complexity index is 607. The fourth-order valence-corrected chi connectivity index (χ4v) is 3.50. The molecule has 3 rings (SSSR count). The van der Waals surface area contributed by atoms with Crippen molar-refractivity contribution in [1.82, 2.24) is 4.98 Å². The number of nitrogens with two attached hydrogens (primary N) is 1. The molecule has 2 N–H and O–H groups in total. The minimum absolute atomic E-state index is 0.632. The first-order valence-corrected chi connectivity index (χ1v) is 7.86. The van der Waals surface area contributed by atoms with Crippen LogP contribution in [0.5, 0.6) is 5.75 Å². The number of halogens is 1. The van der Waals surface area contributed by atoms with Crippen LogP contribution in [0.15, 0.2) is 22.7 Å². The van der Waals surface area contributed by atoms with E-state index in [1.165, 1.54) is 29.0 Å². The standard InChI is InChI=1S/C14H15BrN2OS/c1-18-10-4-5-11(15)9(6-10)7-12-13(8-2-3-8)17-14(16)19-12/h4-6,8H,2-3,7H2,1H3,(H2,16,17). The maximum atomic E-state index is 5.86. The molecule has 0 radical (unpaired) electrons. The molecule has 0 saturated heterocycles. The number of hydrogen-bond acceptors (Lipinski definition) is 4. The summed E-state index contributed by atoms with van der Waals surface area (Å²) in [5.41, 5.74) is 8.28. The molecule has 1 aliphatic carbocycles. The van der Waals surface area contributed by atoms with E-state index >= 15 is 0 Å². The van der Waals surface area contributed by atoms with Crippen LogP contribution in [0.1, 0.15) is 34.9 Å². The number of thiazole rings is 1. The van der Waals surface area contributed by atoms with Crippen molar-refractivity contribution in [3.63, 3.8) is 0 Å². The minimum atomic E-state index is 0.632. The van der Waals surface area contributed by atoms with E-state index < -0.39 is 0 Å². The Kier molecular flexibility index (Phi) is 3.50. The highest BCUT2D eigenvalue weighted by Gasteiger charge is 2.29. The summed E-state index contributed by atoms with van der Waals surface area (Å²) in [6.45, 7) is 0. The summed E-state index contributed by atoms with van der Waals surface area (Å²) >= 11 is 5.20. The van der Waals surface area contributed by atoms with Gasteiger partial charge in [0.1, 0.15) is 5.75 Å². The van der Waals surface area contributed by atoms with Gasteiger partial charge in [0.05, 0.1) is 12.8 Å². The Balaban J connectivity index is 1.92. The van der Waals surface area contributed by atoms with Gasteiger partial charge in [0.15, 0.2) is 5.13 Å². The summed E-state index contributed by atoms with van der Waals surface area (Å²) in [6, 6.07) is 6.04. The largest absolute Gasteiger partial charge is 0.497 e. The number of hydrogen-bond donors (Lipinski definition) is 1. The highest BCUT2D eigenvalue weighted by atomic mass is 79.9.